The molecule has 0 aliphatic carbocycles. The van der Waals surface area contributed by atoms with Crippen molar-refractivity contribution < 1.29 is 4.74 Å². The average Bonchev–Trinajstić information content (AvgIpc) is 2.57. The number of hydrogen-bond acceptors (Lipinski definition) is 3. The zero-order valence-corrected chi connectivity index (χ0v) is 8.00. The Morgan fingerprint density at radius 1 is 1.62 bits per heavy atom. The third-order valence-electron chi connectivity index (χ3n) is 2.17. The van der Waals surface area contributed by atoms with Crippen molar-refractivity contribution in [2.24, 2.45) is 5.92 Å². The molecule has 3 nitrogen and oxygen atoms in total. The van der Waals surface area contributed by atoms with Crippen LogP contribution in [0.15, 0.2) is 12.3 Å². The van der Waals surface area contributed by atoms with Gasteiger partial charge >= 0.3 is 0 Å². The van der Waals surface area contributed by atoms with Gasteiger partial charge < -0.3 is 4.74 Å². The predicted molar refractivity (Wildman–Crippen MR) is 49.7 cm³/mol. The first kappa shape index (κ1) is 8.91. The summed E-state index contributed by atoms with van der Waals surface area (Å²) in [5.41, 5.74) is 0. The summed E-state index contributed by atoms with van der Waals surface area (Å²) in [6.07, 6.45) is 3.68. The van der Waals surface area contributed by atoms with Crippen LogP contribution >= 0.6 is 11.6 Å². The third kappa shape index (κ3) is 2.39. The van der Waals surface area contributed by atoms with Crippen LogP contribution in [0.4, 0.5) is 0 Å². The predicted octanol–water partition coefficient (Wildman–Crippen LogP) is 1.71. The van der Waals surface area contributed by atoms with E-state index < -0.39 is 0 Å². The van der Waals surface area contributed by atoms with Gasteiger partial charge in [0, 0.05) is 25.8 Å². The molecule has 13 heavy (non-hydrogen) atoms. The van der Waals surface area contributed by atoms with E-state index in [2.05, 4.69) is 9.97 Å². The highest BCUT2D eigenvalue weighted by Crippen LogP contribution is 2.16. The van der Waals surface area contributed by atoms with Crippen LogP contribution in [0.5, 0.6) is 0 Å². The summed E-state index contributed by atoms with van der Waals surface area (Å²) in [5.74, 6) is 1.39. The second-order valence-corrected chi connectivity index (χ2v) is 3.62. The SMILES string of the molecule is Clc1ccnc(CC2CCOC2)n1. The monoisotopic (exact) mass is 198 g/mol. The molecule has 0 spiro atoms. The van der Waals surface area contributed by atoms with Crippen LogP contribution in [0, 0.1) is 5.92 Å². The van der Waals surface area contributed by atoms with Crippen molar-refractivity contribution in [1.29, 1.82) is 0 Å². The fourth-order valence-corrected chi connectivity index (χ4v) is 1.63. The Hall–Kier alpha value is -0.670. The van der Waals surface area contributed by atoms with E-state index in [0.717, 1.165) is 31.9 Å². The largest absolute Gasteiger partial charge is 0.381 e. The summed E-state index contributed by atoms with van der Waals surface area (Å²) in [6, 6.07) is 1.69. The Morgan fingerprint density at radius 3 is 3.23 bits per heavy atom. The van der Waals surface area contributed by atoms with E-state index in [-0.39, 0.29) is 0 Å². The highest BCUT2D eigenvalue weighted by atomic mass is 35.5. The van der Waals surface area contributed by atoms with Gasteiger partial charge in [0.2, 0.25) is 0 Å². The summed E-state index contributed by atoms with van der Waals surface area (Å²) in [5, 5.41) is 0.518. The molecule has 0 amide bonds. The molecule has 2 rings (SSSR count). The van der Waals surface area contributed by atoms with Crippen molar-refractivity contribution in [3.8, 4) is 0 Å². The molecule has 2 heterocycles. The van der Waals surface area contributed by atoms with Crippen LogP contribution in [0.2, 0.25) is 5.15 Å². The topological polar surface area (TPSA) is 35.0 Å². The molecular formula is C9H11ClN2O. The normalized spacial score (nSPS) is 22.1. The minimum absolute atomic E-state index is 0.518. The average molecular weight is 199 g/mol. The number of halogens is 1. The molecule has 4 heteroatoms. The molecule has 0 aromatic carbocycles. The van der Waals surface area contributed by atoms with Crippen LogP contribution in [0.3, 0.4) is 0 Å². The Labute approximate surface area is 82.1 Å². The minimum Gasteiger partial charge on any atom is -0.381 e. The quantitative estimate of drug-likeness (QED) is 0.679. The highest BCUT2D eigenvalue weighted by Gasteiger charge is 2.17. The molecular weight excluding hydrogens is 188 g/mol. The van der Waals surface area contributed by atoms with Gasteiger partial charge in [-0.1, -0.05) is 11.6 Å². The van der Waals surface area contributed by atoms with Crippen LogP contribution < -0.4 is 0 Å². The van der Waals surface area contributed by atoms with Crippen molar-refractivity contribution in [2.45, 2.75) is 12.8 Å². The van der Waals surface area contributed by atoms with Gasteiger partial charge in [0.1, 0.15) is 11.0 Å². The molecule has 1 aliphatic rings. The molecule has 1 aliphatic heterocycles. The van der Waals surface area contributed by atoms with Crippen molar-refractivity contribution in [3.63, 3.8) is 0 Å². The van der Waals surface area contributed by atoms with Crippen molar-refractivity contribution >= 4 is 11.6 Å². The molecule has 0 N–H and O–H groups in total. The smallest absolute Gasteiger partial charge is 0.132 e. The second-order valence-electron chi connectivity index (χ2n) is 3.23. The molecule has 1 fully saturated rings. The van der Waals surface area contributed by atoms with E-state index in [0.29, 0.717) is 11.1 Å². The lowest BCUT2D eigenvalue weighted by molar-refractivity contribution is 0.185. The van der Waals surface area contributed by atoms with E-state index in [1.54, 1.807) is 12.3 Å². The molecule has 1 atom stereocenters. The first-order valence-electron chi connectivity index (χ1n) is 4.40. The first-order valence-corrected chi connectivity index (χ1v) is 4.77. The Kier molecular flexibility index (Phi) is 2.76. The van der Waals surface area contributed by atoms with Crippen molar-refractivity contribution in [1.82, 2.24) is 9.97 Å². The molecule has 0 radical (unpaired) electrons. The lowest BCUT2D eigenvalue weighted by Gasteiger charge is -2.04. The molecule has 1 saturated heterocycles. The maximum atomic E-state index is 5.75. The number of rotatable bonds is 2. The summed E-state index contributed by atoms with van der Waals surface area (Å²) >= 11 is 5.75. The van der Waals surface area contributed by atoms with E-state index in [1.165, 1.54) is 0 Å². The van der Waals surface area contributed by atoms with Crippen LogP contribution in [-0.4, -0.2) is 23.2 Å². The fourth-order valence-electron chi connectivity index (χ4n) is 1.48. The maximum absolute atomic E-state index is 5.75. The summed E-state index contributed by atoms with van der Waals surface area (Å²) < 4.78 is 5.27. The van der Waals surface area contributed by atoms with Crippen molar-refractivity contribution in [2.75, 3.05) is 13.2 Å². The lowest BCUT2D eigenvalue weighted by Crippen LogP contribution is -2.06. The van der Waals surface area contributed by atoms with Crippen LogP contribution in [0.1, 0.15) is 12.2 Å². The number of nitrogens with zero attached hydrogens (tertiary/aromatic N) is 2. The maximum Gasteiger partial charge on any atom is 0.132 e. The van der Waals surface area contributed by atoms with E-state index in [4.69, 9.17) is 16.3 Å². The van der Waals surface area contributed by atoms with Gasteiger partial charge in [0.15, 0.2) is 0 Å². The fraction of sp³-hybridized carbons (Fsp3) is 0.556. The molecule has 0 saturated carbocycles. The lowest BCUT2D eigenvalue weighted by atomic mass is 10.1. The Balaban J connectivity index is 2.00. The Bertz CT molecular complexity index is 287. The molecule has 1 aromatic rings. The standard InChI is InChI=1S/C9H11ClN2O/c10-8-1-3-11-9(12-8)5-7-2-4-13-6-7/h1,3,7H,2,4-6H2. The van der Waals surface area contributed by atoms with Crippen LogP contribution in [-0.2, 0) is 11.2 Å². The number of ether oxygens (including phenoxy) is 1. The highest BCUT2D eigenvalue weighted by molar-refractivity contribution is 6.29. The van der Waals surface area contributed by atoms with Gasteiger partial charge in [0.25, 0.3) is 0 Å². The molecule has 70 valence electrons. The van der Waals surface area contributed by atoms with E-state index >= 15 is 0 Å². The van der Waals surface area contributed by atoms with Crippen molar-refractivity contribution in [3.05, 3.63) is 23.2 Å². The van der Waals surface area contributed by atoms with Gasteiger partial charge in [-0.2, -0.15) is 0 Å². The number of aromatic nitrogens is 2. The van der Waals surface area contributed by atoms with Gasteiger partial charge in [-0.15, -0.1) is 0 Å². The zero-order chi connectivity index (χ0) is 9.10. The molecule has 1 unspecified atom stereocenters. The molecule has 0 bridgehead atoms. The number of hydrogen-bond donors (Lipinski definition) is 0. The van der Waals surface area contributed by atoms with E-state index in [1.807, 2.05) is 0 Å². The minimum atomic E-state index is 0.518. The first-order chi connectivity index (χ1) is 6.34. The van der Waals surface area contributed by atoms with Gasteiger partial charge in [0.05, 0.1) is 0 Å². The zero-order valence-electron chi connectivity index (χ0n) is 7.24. The summed E-state index contributed by atoms with van der Waals surface area (Å²) in [7, 11) is 0. The van der Waals surface area contributed by atoms with Gasteiger partial charge in [-0.25, -0.2) is 9.97 Å². The third-order valence-corrected chi connectivity index (χ3v) is 2.38. The van der Waals surface area contributed by atoms with E-state index in [9.17, 15) is 0 Å². The van der Waals surface area contributed by atoms with Gasteiger partial charge in [-0.3, -0.25) is 0 Å². The summed E-state index contributed by atoms with van der Waals surface area (Å²) in [6.45, 7) is 1.70. The van der Waals surface area contributed by atoms with Gasteiger partial charge in [-0.05, 0) is 18.4 Å². The molecule has 1 aromatic heterocycles. The second kappa shape index (κ2) is 4.03. The van der Waals surface area contributed by atoms with Crippen LogP contribution in [0.25, 0.3) is 0 Å². The Morgan fingerprint density at radius 2 is 2.54 bits per heavy atom. The summed E-state index contributed by atoms with van der Waals surface area (Å²) in [4.78, 5) is 8.29.